The first-order chi connectivity index (χ1) is 15.2. The second-order valence-electron chi connectivity index (χ2n) is 8.65. The summed E-state index contributed by atoms with van der Waals surface area (Å²) in [6.45, 7) is 7.52. The van der Waals surface area contributed by atoms with Crippen LogP contribution in [0.2, 0.25) is 0 Å². The fourth-order valence-electron chi connectivity index (χ4n) is 4.49. The number of hydrogen-bond donors (Lipinski definition) is 1. The van der Waals surface area contributed by atoms with Crippen molar-refractivity contribution in [1.82, 2.24) is 15.3 Å². The zero-order chi connectivity index (χ0) is 21.2. The molecule has 162 valence electrons. The van der Waals surface area contributed by atoms with Gasteiger partial charge in [0.2, 0.25) is 5.95 Å². The summed E-state index contributed by atoms with van der Waals surface area (Å²) in [6, 6.07) is 14.8. The number of ether oxygens (including phenoxy) is 2. The molecule has 2 unspecified atom stereocenters. The summed E-state index contributed by atoms with van der Waals surface area (Å²) in [7, 11) is 0. The largest absolute Gasteiger partial charge is 0.486 e. The molecular formula is C25H30N4O2. The molecule has 3 heterocycles. The average molecular weight is 419 g/mol. The van der Waals surface area contributed by atoms with Crippen molar-refractivity contribution in [3.05, 3.63) is 53.7 Å². The van der Waals surface area contributed by atoms with E-state index >= 15 is 0 Å². The highest BCUT2D eigenvalue weighted by molar-refractivity contribution is 5.82. The van der Waals surface area contributed by atoms with Gasteiger partial charge >= 0.3 is 0 Å². The van der Waals surface area contributed by atoms with E-state index in [2.05, 4.69) is 42.3 Å². The van der Waals surface area contributed by atoms with Crippen molar-refractivity contribution >= 4 is 16.9 Å². The van der Waals surface area contributed by atoms with Crippen LogP contribution >= 0.6 is 0 Å². The predicted molar refractivity (Wildman–Crippen MR) is 123 cm³/mol. The van der Waals surface area contributed by atoms with Gasteiger partial charge in [-0.2, -0.15) is 0 Å². The lowest BCUT2D eigenvalue weighted by atomic mass is 10.1. The first kappa shape index (κ1) is 20.1. The number of benzene rings is 2. The molecule has 2 atom stereocenters. The van der Waals surface area contributed by atoms with E-state index in [-0.39, 0.29) is 6.10 Å². The van der Waals surface area contributed by atoms with Gasteiger partial charge in [-0.15, -0.1) is 0 Å². The van der Waals surface area contributed by atoms with Crippen LogP contribution < -0.4 is 19.7 Å². The van der Waals surface area contributed by atoms with E-state index in [1.54, 1.807) is 0 Å². The topological polar surface area (TPSA) is 59.5 Å². The van der Waals surface area contributed by atoms with Crippen molar-refractivity contribution in [3.63, 3.8) is 0 Å². The minimum Gasteiger partial charge on any atom is -0.486 e. The van der Waals surface area contributed by atoms with Gasteiger partial charge in [-0.05, 0) is 56.9 Å². The van der Waals surface area contributed by atoms with Gasteiger partial charge in [-0.25, -0.2) is 9.97 Å². The molecule has 6 nitrogen and oxygen atoms in total. The lowest BCUT2D eigenvalue weighted by Crippen LogP contribution is -2.42. The van der Waals surface area contributed by atoms with Gasteiger partial charge in [0.15, 0.2) is 11.5 Å². The summed E-state index contributed by atoms with van der Waals surface area (Å²) >= 11 is 0. The minimum atomic E-state index is 0.0453. The Balaban J connectivity index is 1.19. The number of hydrogen-bond acceptors (Lipinski definition) is 6. The lowest BCUT2D eigenvalue weighted by Gasteiger charge is -2.28. The highest BCUT2D eigenvalue weighted by atomic mass is 16.6. The summed E-state index contributed by atoms with van der Waals surface area (Å²) in [5.41, 5.74) is 3.32. The molecule has 0 amide bonds. The molecule has 3 aromatic rings. The van der Waals surface area contributed by atoms with Gasteiger partial charge in [0, 0.05) is 31.1 Å². The van der Waals surface area contributed by atoms with Gasteiger partial charge in [-0.3, -0.25) is 0 Å². The molecule has 1 aromatic heterocycles. The van der Waals surface area contributed by atoms with E-state index in [0.29, 0.717) is 12.6 Å². The van der Waals surface area contributed by atoms with Gasteiger partial charge in [0.05, 0.1) is 11.2 Å². The second kappa shape index (κ2) is 8.71. The molecule has 2 aliphatic rings. The van der Waals surface area contributed by atoms with Crippen molar-refractivity contribution in [1.29, 1.82) is 0 Å². The third kappa shape index (κ3) is 4.44. The van der Waals surface area contributed by atoms with Crippen molar-refractivity contribution in [2.75, 3.05) is 31.1 Å². The third-order valence-electron chi connectivity index (χ3n) is 6.24. The molecule has 5 rings (SSSR count). The van der Waals surface area contributed by atoms with Gasteiger partial charge in [-0.1, -0.05) is 24.3 Å². The Kier molecular flexibility index (Phi) is 5.64. The van der Waals surface area contributed by atoms with Crippen LogP contribution in [0.5, 0.6) is 11.5 Å². The number of nitrogens with zero attached hydrogens (tertiary/aromatic N) is 3. The van der Waals surface area contributed by atoms with Crippen LogP contribution in [0.3, 0.4) is 0 Å². The Bertz CT molecular complexity index is 1070. The van der Waals surface area contributed by atoms with Crippen LogP contribution in [0, 0.1) is 13.8 Å². The van der Waals surface area contributed by atoms with Crippen molar-refractivity contribution in [2.45, 2.75) is 45.3 Å². The molecule has 1 fully saturated rings. The fourth-order valence-corrected chi connectivity index (χ4v) is 4.49. The van der Waals surface area contributed by atoms with Crippen molar-refractivity contribution in [2.24, 2.45) is 0 Å². The second-order valence-corrected chi connectivity index (χ2v) is 8.65. The Morgan fingerprint density at radius 2 is 1.90 bits per heavy atom. The molecule has 1 N–H and O–H groups in total. The first-order valence-corrected chi connectivity index (χ1v) is 11.3. The first-order valence-electron chi connectivity index (χ1n) is 11.3. The zero-order valence-electron chi connectivity index (χ0n) is 18.3. The van der Waals surface area contributed by atoms with E-state index < -0.39 is 0 Å². The van der Waals surface area contributed by atoms with Crippen LogP contribution in [-0.4, -0.2) is 48.4 Å². The molecule has 2 aromatic carbocycles. The van der Waals surface area contributed by atoms with Crippen LogP contribution in [0.15, 0.2) is 42.5 Å². The van der Waals surface area contributed by atoms with E-state index in [1.165, 1.54) is 5.56 Å². The summed E-state index contributed by atoms with van der Waals surface area (Å²) < 4.78 is 11.9. The van der Waals surface area contributed by atoms with Crippen LogP contribution in [0.4, 0.5) is 5.95 Å². The predicted octanol–water partition coefficient (Wildman–Crippen LogP) is 4.04. The van der Waals surface area contributed by atoms with Crippen LogP contribution in [-0.2, 0) is 0 Å². The summed E-state index contributed by atoms with van der Waals surface area (Å²) in [6.07, 6.45) is 3.38. The maximum absolute atomic E-state index is 6.09. The molecule has 0 bridgehead atoms. The summed E-state index contributed by atoms with van der Waals surface area (Å²) in [5.74, 6) is 2.54. The Morgan fingerprint density at radius 1 is 1.03 bits per heavy atom. The fraction of sp³-hybridized carbons (Fsp3) is 0.440. The molecule has 6 heteroatoms. The standard InChI is InChI=1S/C25H30N4O2/c1-17-9-10-21-18(2)27-25(28-22(21)14-17)29-12-5-6-19(11-13-29)26-15-20-16-30-23-7-3-4-8-24(23)31-20/h3-4,7-10,14,19-20,26H,5-6,11-13,15-16H2,1-2H3. The normalized spacial score (nSPS) is 21.2. The summed E-state index contributed by atoms with van der Waals surface area (Å²) in [4.78, 5) is 12.0. The quantitative estimate of drug-likeness (QED) is 0.690. The van der Waals surface area contributed by atoms with Gasteiger partial charge in [0.25, 0.3) is 0 Å². The van der Waals surface area contributed by atoms with Gasteiger partial charge in [0.1, 0.15) is 12.7 Å². The third-order valence-corrected chi connectivity index (χ3v) is 6.24. The molecule has 0 spiro atoms. The van der Waals surface area contributed by atoms with Crippen molar-refractivity contribution < 1.29 is 9.47 Å². The monoisotopic (exact) mass is 418 g/mol. The number of nitrogens with one attached hydrogen (secondary N) is 1. The smallest absolute Gasteiger partial charge is 0.226 e. The Morgan fingerprint density at radius 3 is 2.81 bits per heavy atom. The maximum atomic E-state index is 6.09. The van der Waals surface area contributed by atoms with Gasteiger partial charge < -0.3 is 19.7 Å². The number of aromatic nitrogens is 2. The van der Waals surface area contributed by atoms with Crippen LogP contribution in [0.1, 0.15) is 30.5 Å². The lowest BCUT2D eigenvalue weighted by molar-refractivity contribution is 0.0878. The molecule has 0 aliphatic carbocycles. The summed E-state index contributed by atoms with van der Waals surface area (Å²) in [5, 5.41) is 4.85. The van der Waals surface area contributed by atoms with E-state index in [9.17, 15) is 0 Å². The Hall–Kier alpha value is -2.86. The molecule has 0 radical (unpaired) electrons. The molecule has 0 saturated carbocycles. The van der Waals surface area contributed by atoms with E-state index in [4.69, 9.17) is 19.4 Å². The van der Waals surface area contributed by atoms with Crippen LogP contribution in [0.25, 0.3) is 10.9 Å². The highest BCUT2D eigenvalue weighted by Crippen LogP contribution is 2.30. The number of aryl methyl sites for hydroxylation is 2. The Labute approximate surface area is 183 Å². The number of anilines is 1. The number of fused-ring (bicyclic) bond motifs is 2. The molecule has 1 saturated heterocycles. The molecular weight excluding hydrogens is 388 g/mol. The van der Waals surface area contributed by atoms with E-state index in [0.717, 1.165) is 72.9 Å². The maximum Gasteiger partial charge on any atom is 0.226 e. The minimum absolute atomic E-state index is 0.0453. The zero-order valence-corrected chi connectivity index (χ0v) is 18.3. The highest BCUT2D eigenvalue weighted by Gasteiger charge is 2.23. The van der Waals surface area contributed by atoms with E-state index in [1.807, 2.05) is 24.3 Å². The molecule has 2 aliphatic heterocycles. The van der Waals surface area contributed by atoms with Crippen molar-refractivity contribution in [3.8, 4) is 11.5 Å². The SMILES string of the molecule is Cc1ccc2c(C)nc(N3CCCC(NCC4COc5ccccc5O4)CC3)nc2c1. The average Bonchev–Trinajstić information content (AvgIpc) is 3.03. The molecule has 31 heavy (non-hydrogen) atoms. The number of rotatable bonds is 4. The number of para-hydroxylation sites is 2.